The number of ether oxygens (including phenoxy) is 1. The van der Waals surface area contributed by atoms with E-state index >= 15 is 0 Å². The summed E-state index contributed by atoms with van der Waals surface area (Å²) in [6, 6.07) is 16.0. The topological polar surface area (TPSA) is 66.9 Å². The average Bonchev–Trinajstić information content (AvgIpc) is 3.50. The van der Waals surface area contributed by atoms with Gasteiger partial charge < -0.3 is 14.5 Å². The monoisotopic (exact) mass is 468 g/mol. The van der Waals surface area contributed by atoms with Crippen molar-refractivity contribution < 1.29 is 19.1 Å². The zero-order valence-electron chi connectivity index (χ0n) is 18.6. The SMILES string of the molecule is O=C(O[C@@H]1C[C@@H](C(=O)N2CCCC2)N(C(=O)CCCc2ccccc2)C1)c1ccc(Cl)cc1. The van der Waals surface area contributed by atoms with Gasteiger partial charge in [0.05, 0.1) is 12.1 Å². The quantitative estimate of drug-likeness (QED) is 0.573. The van der Waals surface area contributed by atoms with Crippen molar-refractivity contribution in [2.24, 2.45) is 0 Å². The van der Waals surface area contributed by atoms with Crippen molar-refractivity contribution in [3.63, 3.8) is 0 Å². The van der Waals surface area contributed by atoms with E-state index in [4.69, 9.17) is 16.3 Å². The summed E-state index contributed by atoms with van der Waals surface area (Å²) in [6.07, 6.45) is 3.66. The molecule has 2 aromatic carbocycles. The van der Waals surface area contributed by atoms with E-state index in [2.05, 4.69) is 0 Å². The zero-order valence-corrected chi connectivity index (χ0v) is 19.4. The summed E-state index contributed by atoms with van der Waals surface area (Å²) in [5.74, 6) is -0.565. The second kappa shape index (κ2) is 10.8. The second-order valence-electron chi connectivity index (χ2n) is 8.70. The number of esters is 1. The van der Waals surface area contributed by atoms with E-state index in [9.17, 15) is 14.4 Å². The van der Waals surface area contributed by atoms with Crippen molar-refractivity contribution in [1.29, 1.82) is 0 Å². The molecule has 0 spiro atoms. The minimum absolute atomic E-state index is 0.0334. The fourth-order valence-corrected chi connectivity index (χ4v) is 4.70. The third-order valence-electron chi connectivity index (χ3n) is 6.34. The third kappa shape index (κ3) is 5.93. The summed E-state index contributed by atoms with van der Waals surface area (Å²) in [6.45, 7) is 1.69. The van der Waals surface area contributed by atoms with Crippen LogP contribution in [0.25, 0.3) is 0 Å². The predicted molar refractivity (Wildman–Crippen MR) is 126 cm³/mol. The molecular formula is C26H29ClN2O4. The van der Waals surface area contributed by atoms with E-state index in [-0.39, 0.29) is 18.4 Å². The summed E-state index contributed by atoms with van der Waals surface area (Å²) in [7, 11) is 0. The van der Waals surface area contributed by atoms with Crippen LogP contribution in [0.2, 0.25) is 5.02 Å². The molecule has 2 saturated heterocycles. The molecule has 2 amide bonds. The predicted octanol–water partition coefficient (Wildman–Crippen LogP) is 4.11. The lowest BCUT2D eigenvalue weighted by atomic mass is 10.1. The Morgan fingerprint density at radius 2 is 1.67 bits per heavy atom. The van der Waals surface area contributed by atoms with Crippen LogP contribution in [0.15, 0.2) is 54.6 Å². The lowest BCUT2D eigenvalue weighted by Crippen LogP contribution is -2.46. The minimum atomic E-state index is -0.574. The van der Waals surface area contributed by atoms with E-state index < -0.39 is 18.1 Å². The summed E-state index contributed by atoms with van der Waals surface area (Å²) < 4.78 is 5.69. The van der Waals surface area contributed by atoms with Crippen LogP contribution >= 0.6 is 11.6 Å². The summed E-state index contributed by atoms with van der Waals surface area (Å²) in [4.78, 5) is 42.3. The Labute approximate surface area is 199 Å². The van der Waals surface area contributed by atoms with Gasteiger partial charge in [0.2, 0.25) is 11.8 Å². The fraction of sp³-hybridized carbons (Fsp3) is 0.423. The molecule has 2 aliphatic rings. The highest BCUT2D eigenvalue weighted by atomic mass is 35.5. The van der Waals surface area contributed by atoms with Crippen molar-refractivity contribution in [2.75, 3.05) is 19.6 Å². The van der Waals surface area contributed by atoms with E-state index in [0.29, 0.717) is 29.8 Å². The summed E-state index contributed by atoms with van der Waals surface area (Å²) in [5, 5.41) is 0.538. The lowest BCUT2D eigenvalue weighted by molar-refractivity contribution is -0.143. The first-order valence-electron chi connectivity index (χ1n) is 11.6. The molecule has 6 nitrogen and oxygen atoms in total. The molecule has 2 aromatic rings. The number of hydrogen-bond donors (Lipinski definition) is 0. The zero-order chi connectivity index (χ0) is 23.2. The van der Waals surface area contributed by atoms with Gasteiger partial charge in [0.15, 0.2) is 0 Å². The molecule has 0 aromatic heterocycles. The van der Waals surface area contributed by atoms with Crippen LogP contribution in [0.5, 0.6) is 0 Å². The van der Waals surface area contributed by atoms with Crippen LogP contribution in [0.3, 0.4) is 0 Å². The molecule has 0 aliphatic carbocycles. The first kappa shape index (κ1) is 23.3. The Morgan fingerprint density at radius 3 is 2.36 bits per heavy atom. The number of benzene rings is 2. The third-order valence-corrected chi connectivity index (χ3v) is 6.59. The Bertz CT molecular complexity index is 974. The molecule has 33 heavy (non-hydrogen) atoms. The summed E-state index contributed by atoms with van der Waals surface area (Å²) >= 11 is 5.90. The van der Waals surface area contributed by atoms with E-state index in [1.54, 1.807) is 29.2 Å². The van der Waals surface area contributed by atoms with Crippen LogP contribution in [0.4, 0.5) is 0 Å². The van der Waals surface area contributed by atoms with Crippen LogP contribution in [-0.2, 0) is 20.7 Å². The number of rotatable bonds is 7. The molecule has 0 N–H and O–H groups in total. The van der Waals surface area contributed by atoms with Gasteiger partial charge in [0.1, 0.15) is 12.1 Å². The van der Waals surface area contributed by atoms with Gasteiger partial charge in [0, 0.05) is 31.0 Å². The first-order chi connectivity index (χ1) is 16.0. The van der Waals surface area contributed by atoms with Gasteiger partial charge in [-0.1, -0.05) is 41.9 Å². The minimum Gasteiger partial charge on any atom is -0.457 e. The van der Waals surface area contributed by atoms with Gasteiger partial charge >= 0.3 is 5.97 Å². The maximum absolute atomic E-state index is 13.2. The smallest absolute Gasteiger partial charge is 0.338 e. The van der Waals surface area contributed by atoms with E-state index in [0.717, 1.165) is 32.4 Å². The van der Waals surface area contributed by atoms with Crippen LogP contribution < -0.4 is 0 Å². The summed E-state index contributed by atoms with van der Waals surface area (Å²) in [5.41, 5.74) is 1.58. The van der Waals surface area contributed by atoms with Crippen molar-refractivity contribution in [2.45, 2.75) is 50.7 Å². The number of aryl methyl sites for hydroxylation is 1. The van der Waals surface area contributed by atoms with E-state index in [1.807, 2.05) is 35.2 Å². The standard InChI is InChI=1S/C26H29ClN2O4/c27-21-13-11-20(12-14-21)26(32)33-22-17-23(25(31)28-15-4-5-16-28)29(18-22)24(30)10-6-9-19-7-2-1-3-8-19/h1-3,7-8,11-14,22-23H,4-6,9-10,15-18H2/t22-,23+/m1/s1. The lowest BCUT2D eigenvalue weighted by Gasteiger charge is -2.27. The molecule has 7 heteroatoms. The van der Waals surface area contributed by atoms with Crippen molar-refractivity contribution >= 4 is 29.4 Å². The number of carbonyl (C=O) groups excluding carboxylic acids is 3. The molecule has 0 bridgehead atoms. The highest BCUT2D eigenvalue weighted by Gasteiger charge is 2.43. The van der Waals surface area contributed by atoms with Crippen LogP contribution in [0, 0.1) is 0 Å². The average molecular weight is 469 g/mol. The van der Waals surface area contributed by atoms with Crippen molar-refractivity contribution in [1.82, 2.24) is 9.80 Å². The van der Waals surface area contributed by atoms with Gasteiger partial charge in [-0.15, -0.1) is 0 Å². The second-order valence-corrected chi connectivity index (χ2v) is 9.14. The first-order valence-corrected chi connectivity index (χ1v) is 12.0. The van der Waals surface area contributed by atoms with Crippen molar-refractivity contribution in [3.05, 3.63) is 70.7 Å². The van der Waals surface area contributed by atoms with Gasteiger partial charge in [-0.2, -0.15) is 0 Å². The number of hydrogen-bond acceptors (Lipinski definition) is 4. The molecule has 0 unspecified atom stereocenters. The Hall–Kier alpha value is -2.86. The number of halogens is 1. The van der Waals surface area contributed by atoms with Crippen LogP contribution in [-0.4, -0.2) is 59.4 Å². The number of nitrogens with zero attached hydrogens (tertiary/aromatic N) is 2. The number of likely N-dealkylation sites (tertiary alicyclic amines) is 2. The van der Waals surface area contributed by atoms with E-state index in [1.165, 1.54) is 5.56 Å². The molecule has 2 aliphatic heterocycles. The highest BCUT2D eigenvalue weighted by Crippen LogP contribution is 2.26. The Kier molecular flexibility index (Phi) is 7.65. The highest BCUT2D eigenvalue weighted by molar-refractivity contribution is 6.30. The molecule has 4 rings (SSSR count). The molecular weight excluding hydrogens is 440 g/mol. The number of carbonyl (C=O) groups is 3. The fourth-order valence-electron chi connectivity index (χ4n) is 4.58. The Morgan fingerprint density at radius 1 is 0.970 bits per heavy atom. The normalized spacial score (nSPS) is 20.2. The van der Waals surface area contributed by atoms with Crippen LogP contribution in [0.1, 0.15) is 48.0 Å². The largest absolute Gasteiger partial charge is 0.457 e. The van der Waals surface area contributed by atoms with Crippen molar-refractivity contribution in [3.8, 4) is 0 Å². The molecule has 2 atom stereocenters. The molecule has 174 valence electrons. The molecule has 0 saturated carbocycles. The molecule has 0 radical (unpaired) electrons. The molecule has 2 heterocycles. The van der Waals surface area contributed by atoms with Gasteiger partial charge in [-0.3, -0.25) is 9.59 Å². The molecule has 2 fully saturated rings. The van der Waals surface area contributed by atoms with Gasteiger partial charge in [-0.05, 0) is 55.5 Å². The maximum atomic E-state index is 13.2. The van der Waals surface area contributed by atoms with Gasteiger partial charge in [0.25, 0.3) is 0 Å². The van der Waals surface area contributed by atoms with Gasteiger partial charge in [-0.25, -0.2) is 4.79 Å². The number of amides is 2. The maximum Gasteiger partial charge on any atom is 0.338 e. The Balaban J connectivity index is 1.40.